The van der Waals surface area contributed by atoms with E-state index in [0.717, 1.165) is 22.7 Å². The fourth-order valence-corrected chi connectivity index (χ4v) is 6.49. The van der Waals surface area contributed by atoms with Crippen molar-refractivity contribution < 1.29 is 4.74 Å². The maximum absolute atomic E-state index is 6.86. The van der Waals surface area contributed by atoms with Crippen molar-refractivity contribution >= 4 is 40.2 Å². The van der Waals surface area contributed by atoms with Gasteiger partial charge in [0, 0.05) is 22.6 Å². The molecule has 2 aliphatic heterocycles. The number of nitrogens with zero attached hydrogens (tertiary/aromatic N) is 1. The summed E-state index contributed by atoms with van der Waals surface area (Å²) in [5, 5.41) is 0. The molecule has 5 aromatic rings. The van der Waals surface area contributed by atoms with E-state index in [4.69, 9.17) is 4.74 Å². The van der Waals surface area contributed by atoms with Crippen LogP contribution in [-0.2, 0) is 0 Å². The minimum Gasteiger partial charge on any atom is -0.458 e. The Balaban J connectivity index is 1.62. The largest absolute Gasteiger partial charge is 0.458 e. The van der Waals surface area contributed by atoms with Gasteiger partial charge in [0.2, 0.25) is 0 Å². The number of para-hydroxylation sites is 2. The number of benzene rings is 5. The van der Waals surface area contributed by atoms with Gasteiger partial charge in [0.15, 0.2) is 0 Å². The van der Waals surface area contributed by atoms with Gasteiger partial charge in [-0.25, -0.2) is 0 Å². The number of rotatable bonds is 2. The third-order valence-corrected chi connectivity index (χ3v) is 7.95. The first-order valence-corrected chi connectivity index (χ1v) is 13.0. The van der Waals surface area contributed by atoms with E-state index in [1.807, 2.05) is 0 Å². The highest BCUT2D eigenvalue weighted by molar-refractivity contribution is 6.99. The molecule has 178 valence electrons. The van der Waals surface area contributed by atoms with E-state index in [-0.39, 0.29) is 6.71 Å². The van der Waals surface area contributed by atoms with E-state index in [9.17, 15) is 0 Å². The monoisotopic (exact) mass is 477 g/mol. The van der Waals surface area contributed by atoms with Crippen molar-refractivity contribution in [3.8, 4) is 22.6 Å². The quantitative estimate of drug-likeness (QED) is 0.249. The van der Waals surface area contributed by atoms with Gasteiger partial charge in [-0.3, -0.25) is 0 Å². The van der Waals surface area contributed by atoms with Gasteiger partial charge in [0.1, 0.15) is 11.5 Å². The topological polar surface area (TPSA) is 12.5 Å². The number of hydrogen-bond acceptors (Lipinski definition) is 2. The maximum atomic E-state index is 6.86. The molecule has 0 saturated heterocycles. The Kier molecular flexibility index (Phi) is 4.84. The lowest BCUT2D eigenvalue weighted by atomic mass is 9.33. The molecule has 0 amide bonds. The molecule has 0 atom stereocenters. The number of fused-ring (bicyclic) bond motifs is 4. The Morgan fingerprint density at radius 3 is 2.14 bits per heavy atom. The predicted molar refractivity (Wildman–Crippen MR) is 157 cm³/mol. The van der Waals surface area contributed by atoms with Crippen molar-refractivity contribution in [3.63, 3.8) is 0 Å². The Morgan fingerprint density at radius 2 is 1.35 bits per heavy atom. The van der Waals surface area contributed by atoms with Crippen LogP contribution in [0, 0.1) is 27.7 Å². The van der Waals surface area contributed by atoms with Crippen molar-refractivity contribution in [2.24, 2.45) is 0 Å². The summed E-state index contributed by atoms with van der Waals surface area (Å²) in [6, 6.07) is 35.0. The lowest BCUT2D eigenvalue weighted by molar-refractivity contribution is 0.489. The van der Waals surface area contributed by atoms with Crippen molar-refractivity contribution in [3.05, 3.63) is 119 Å². The van der Waals surface area contributed by atoms with E-state index in [0.29, 0.717) is 0 Å². The van der Waals surface area contributed by atoms with Crippen LogP contribution in [-0.4, -0.2) is 6.71 Å². The highest BCUT2D eigenvalue weighted by Gasteiger charge is 2.43. The van der Waals surface area contributed by atoms with E-state index in [1.165, 1.54) is 55.6 Å². The first-order valence-electron chi connectivity index (χ1n) is 13.0. The fourth-order valence-electron chi connectivity index (χ4n) is 6.49. The van der Waals surface area contributed by atoms with Gasteiger partial charge in [-0.1, -0.05) is 66.2 Å². The molecule has 3 heteroatoms. The van der Waals surface area contributed by atoms with Gasteiger partial charge in [-0.15, -0.1) is 0 Å². The molecule has 0 aromatic heterocycles. The first-order chi connectivity index (χ1) is 18.0. The van der Waals surface area contributed by atoms with Crippen LogP contribution in [0.3, 0.4) is 0 Å². The van der Waals surface area contributed by atoms with Crippen LogP contribution in [0.15, 0.2) is 97.1 Å². The molecular weight excluding hydrogens is 449 g/mol. The summed E-state index contributed by atoms with van der Waals surface area (Å²) in [6.07, 6.45) is 0. The zero-order chi connectivity index (χ0) is 25.3. The third kappa shape index (κ3) is 3.20. The van der Waals surface area contributed by atoms with Crippen molar-refractivity contribution in [1.29, 1.82) is 0 Å². The zero-order valence-electron chi connectivity index (χ0n) is 21.7. The predicted octanol–water partition coefficient (Wildman–Crippen LogP) is 6.99. The van der Waals surface area contributed by atoms with E-state index in [1.54, 1.807) is 0 Å². The van der Waals surface area contributed by atoms with Gasteiger partial charge in [0.25, 0.3) is 6.71 Å². The fraction of sp³-hybridized carbons (Fsp3) is 0.118. The van der Waals surface area contributed by atoms with E-state index >= 15 is 0 Å². The van der Waals surface area contributed by atoms with E-state index in [2.05, 4.69) is 130 Å². The van der Waals surface area contributed by atoms with Crippen LogP contribution in [0.5, 0.6) is 11.5 Å². The average molecular weight is 477 g/mol. The lowest BCUT2D eigenvalue weighted by Gasteiger charge is -2.41. The Morgan fingerprint density at radius 1 is 0.622 bits per heavy atom. The summed E-state index contributed by atoms with van der Waals surface area (Å²) in [4.78, 5) is 2.43. The van der Waals surface area contributed by atoms with Crippen LogP contribution in [0.4, 0.5) is 17.1 Å². The second kappa shape index (κ2) is 8.14. The molecular formula is C34H28BNO. The van der Waals surface area contributed by atoms with Crippen molar-refractivity contribution in [2.75, 3.05) is 4.90 Å². The summed E-state index contributed by atoms with van der Waals surface area (Å²) in [7, 11) is 0. The second-order valence-electron chi connectivity index (χ2n) is 10.4. The second-order valence-corrected chi connectivity index (χ2v) is 10.4. The molecule has 0 unspecified atom stereocenters. The van der Waals surface area contributed by atoms with Crippen LogP contribution >= 0.6 is 0 Å². The Hall–Kier alpha value is -4.24. The SMILES string of the molecule is Cc1cc(C)c2c(c1)N(c1ccccc1)c1ccc(-c3c(C)cccc3C)c3c1B2c1ccccc1O3. The van der Waals surface area contributed by atoms with Crippen LogP contribution in [0.25, 0.3) is 11.1 Å². The summed E-state index contributed by atoms with van der Waals surface area (Å²) in [5.74, 6) is 1.92. The molecule has 0 aliphatic carbocycles. The molecule has 0 spiro atoms. The minimum absolute atomic E-state index is 0.106. The molecule has 2 heterocycles. The number of aryl methyl sites for hydroxylation is 4. The Bertz CT molecular complexity index is 1690. The Labute approximate surface area is 219 Å². The summed E-state index contributed by atoms with van der Waals surface area (Å²) < 4.78 is 6.86. The number of anilines is 3. The van der Waals surface area contributed by atoms with Crippen LogP contribution < -0.4 is 26.0 Å². The van der Waals surface area contributed by atoms with Gasteiger partial charge in [-0.2, -0.15) is 0 Å². The van der Waals surface area contributed by atoms with E-state index < -0.39 is 0 Å². The smallest absolute Gasteiger partial charge is 0.256 e. The third-order valence-electron chi connectivity index (χ3n) is 7.95. The molecule has 0 fully saturated rings. The van der Waals surface area contributed by atoms with Gasteiger partial charge >= 0.3 is 0 Å². The summed E-state index contributed by atoms with van der Waals surface area (Å²) >= 11 is 0. The molecule has 0 radical (unpaired) electrons. The molecule has 2 nitrogen and oxygen atoms in total. The highest BCUT2D eigenvalue weighted by atomic mass is 16.5. The van der Waals surface area contributed by atoms with Gasteiger partial charge in [0.05, 0.1) is 0 Å². The van der Waals surface area contributed by atoms with Crippen LogP contribution in [0.2, 0.25) is 0 Å². The molecule has 7 rings (SSSR count). The molecule has 37 heavy (non-hydrogen) atoms. The first kappa shape index (κ1) is 22.0. The molecule has 0 bridgehead atoms. The summed E-state index contributed by atoms with van der Waals surface area (Å²) in [5.41, 5.74) is 15.0. The number of hydrogen-bond donors (Lipinski definition) is 0. The van der Waals surface area contributed by atoms with Crippen LogP contribution in [0.1, 0.15) is 22.3 Å². The zero-order valence-corrected chi connectivity index (χ0v) is 21.7. The average Bonchev–Trinajstić information content (AvgIpc) is 2.89. The molecule has 5 aromatic carbocycles. The maximum Gasteiger partial charge on any atom is 0.256 e. The molecule has 0 saturated carbocycles. The molecule has 0 N–H and O–H groups in total. The van der Waals surface area contributed by atoms with Gasteiger partial charge in [-0.05, 0) is 103 Å². The highest BCUT2D eigenvalue weighted by Crippen LogP contribution is 2.45. The minimum atomic E-state index is 0.106. The normalized spacial score (nSPS) is 13.0. The van der Waals surface area contributed by atoms with Crippen molar-refractivity contribution in [1.82, 2.24) is 0 Å². The number of ether oxygens (including phenoxy) is 1. The summed E-state index contributed by atoms with van der Waals surface area (Å²) in [6.45, 7) is 8.95. The van der Waals surface area contributed by atoms with Gasteiger partial charge < -0.3 is 9.64 Å². The lowest BCUT2D eigenvalue weighted by Crippen LogP contribution is -2.60. The molecule has 2 aliphatic rings. The van der Waals surface area contributed by atoms with Crippen molar-refractivity contribution in [2.45, 2.75) is 27.7 Å². The standard InChI is InChI=1S/C34H28BNO/c1-21-19-24(4)32-29(20-21)36(25-13-6-5-7-14-25)28-18-17-26(31-22(2)11-10-12-23(31)3)34-33(28)35(32)27-15-8-9-16-30(27)37-34/h5-20H,1-4H3.